The molecule has 2 unspecified atom stereocenters. The van der Waals surface area contributed by atoms with Crippen LogP contribution in [0.15, 0.2) is 0 Å². The van der Waals surface area contributed by atoms with Gasteiger partial charge in [-0.3, -0.25) is 0 Å². The molecule has 110 valence electrons. The van der Waals surface area contributed by atoms with Crippen LogP contribution in [0.25, 0.3) is 0 Å². The lowest BCUT2D eigenvalue weighted by atomic mass is 9.49. The van der Waals surface area contributed by atoms with Crippen molar-refractivity contribution in [1.29, 1.82) is 0 Å². The van der Waals surface area contributed by atoms with Crippen molar-refractivity contribution < 1.29 is 0 Å². The molecule has 0 amide bonds. The third-order valence-corrected chi connectivity index (χ3v) is 6.19. The van der Waals surface area contributed by atoms with E-state index in [1.807, 2.05) is 0 Å². The zero-order valence-corrected chi connectivity index (χ0v) is 14.8. The Balaban J connectivity index is 5.08. The molecular formula is C18H38. The fourth-order valence-electron chi connectivity index (χ4n) is 3.44. The molecule has 0 heterocycles. The van der Waals surface area contributed by atoms with Gasteiger partial charge in [-0.25, -0.2) is 0 Å². The molecule has 0 aliphatic rings. The van der Waals surface area contributed by atoms with Gasteiger partial charge in [0.25, 0.3) is 0 Å². The third kappa shape index (κ3) is 3.52. The van der Waals surface area contributed by atoms with Crippen molar-refractivity contribution in [3.05, 3.63) is 0 Å². The van der Waals surface area contributed by atoms with Gasteiger partial charge in [0, 0.05) is 0 Å². The maximum atomic E-state index is 2.50. The Hall–Kier alpha value is 0. The third-order valence-electron chi connectivity index (χ3n) is 6.19. The van der Waals surface area contributed by atoms with Gasteiger partial charge in [0.1, 0.15) is 0 Å². The van der Waals surface area contributed by atoms with E-state index >= 15 is 0 Å². The SMILES string of the molecule is CCC(C)(C(C)(C)C)C(C)(C)C(C)CCC(C)C. The molecule has 0 aliphatic carbocycles. The lowest BCUT2D eigenvalue weighted by Gasteiger charge is -2.55. The van der Waals surface area contributed by atoms with E-state index in [4.69, 9.17) is 0 Å². The molecule has 0 rings (SSSR count). The summed E-state index contributed by atoms with van der Waals surface area (Å²) < 4.78 is 0. The smallest absolute Gasteiger partial charge is 0.0226 e. The van der Waals surface area contributed by atoms with Crippen LogP contribution in [0, 0.1) is 28.1 Å². The predicted octanol–water partition coefficient (Wildman–Crippen LogP) is 6.55. The van der Waals surface area contributed by atoms with Crippen molar-refractivity contribution >= 4 is 0 Å². The first-order valence-corrected chi connectivity index (χ1v) is 7.90. The van der Waals surface area contributed by atoms with E-state index in [0.29, 0.717) is 16.2 Å². The molecule has 0 radical (unpaired) electrons. The largest absolute Gasteiger partial charge is 0.0648 e. The van der Waals surface area contributed by atoms with Gasteiger partial charge in [0.15, 0.2) is 0 Å². The standard InChI is InChI=1S/C18H38/c1-11-18(10,16(5,6)7)17(8,9)15(4)13-12-14(2)3/h14-15H,11-13H2,1-10H3. The summed E-state index contributed by atoms with van der Waals surface area (Å²) in [7, 11) is 0. The van der Waals surface area contributed by atoms with E-state index in [1.54, 1.807) is 0 Å². The Bertz CT molecular complexity index is 241. The van der Waals surface area contributed by atoms with E-state index in [0.717, 1.165) is 11.8 Å². The molecule has 0 saturated carbocycles. The number of hydrogen-bond donors (Lipinski definition) is 0. The average Bonchev–Trinajstić information content (AvgIpc) is 2.22. The molecule has 0 spiro atoms. The zero-order valence-electron chi connectivity index (χ0n) is 14.8. The summed E-state index contributed by atoms with van der Waals surface area (Å²) in [6.45, 7) is 24.2. The molecule has 0 bridgehead atoms. The fourth-order valence-corrected chi connectivity index (χ4v) is 3.44. The molecule has 0 aromatic carbocycles. The summed E-state index contributed by atoms with van der Waals surface area (Å²) in [4.78, 5) is 0. The highest BCUT2D eigenvalue weighted by Gasteiger charge is 2.49. The molecule has 0 nitrogen and oxygen atoms in total. The molecule has 0 N–H and O–H groups in total. The van der Waals surface area contributed by atoms with Crippen LogP contribution in [-0.4, -0.2) is 0 Å². The Kier molecular flexibility index (Phi) is 5.97. The highest BCUT2D eigenvalue weighted by molar-refractivity contribution is 4.98. The van der Waals surface area contributed by atoms with Gasteiger partial charge < -0.3 is 0 Å². The van der Waals surface area contributed by atoms with Crippen LogP contribution in [0.2, 0.25) is 0 Å². The minimum Gasteiger partial charge on any atom is -0.0648 e. The first kappa shape index (κ1) is 18.0. The van der Waals surface area contributed by atoms with Crippen molar-refractivity contribution in [3.63, 3.8) is 0 Å². The molecule has 18 heavy (non-hydrogen) atoms. The Labute approximate surface area is 117 Å². The fraction of sp³-hybridized carbons (Fsp3) is 1.00. The summed E-state index contributed by atoms with van der Waals surface area (Å²) in [5.41, 5.74) is 1.13. The highest BCUT2D eigenvalue weighted by Crippen LogP contribution is 2.57. The van der Waals surface area contributed by atoms with Gasteiger partial charge in [-0.2, -0.15) is 0 Å². The summed E-state index contributed by atoms with van der Waals surface area (Å²) in [6.07, 6.45) is 3.97. The molecule has 0 aromatic heterocycles. The summed E-state index contributed by atoms with van der Waals surface area (Å²) in [5.74, 6) is 1.61. The Morgan fingerprint density at radius 3 is 1.50 bits per heavy atom. The zero-order chi connectivity index (χ0) is 14.8. The van der Waals surface area contributed by atoms with Crippen LogP contribution in [0.5, 0.6) is 0 Å². The van der Waals surface area contributed by atoms with Crippen molar-refractivity contribution in [3.8, 4) is 0 Å². The Morgan fingerprint density at radius 1 is 0.778 bits per heavy atom. The number of rotatable bonds is 6. The lowest BCUT2D eigenvalue weighted by Crippen LogP contribution is -2.48. The first-order chi connectivity index (χ1) is 7.90. The Morgan fingerprint density at radius 2 is 1.22 bits per heavy atom. The van der Waals surface area contributed by atoms with Crippen LogP contribution in [0.4, 0.5) is 0 Å². The van der Waals surface area contributed by atoms with Crippen LogP contribution in [0.1, 0.15) is 88.5 Å². The normalized spacial score (nSPS) is 18.8. The van der Waals surface area contributed by atoms with Gasteiger partial charge in [0.2, 0.25) is 0 Å². The van der Waals surface area contributed by atoms with Crippen LogP contribution < -0.4 is 0 Å². The molecule has 0 heteroatoms. The number of hydrogen-bond acceptors (Lipinski definition) is 0. The average molecular weight is 255 g/mol. The van der Waals surface area contributed by atoms with Crippen LogP contribution in [-0.2, 0) is 0 Å². The van der Waals surface area contributed by atoms with Crippen LogP contribution >= 0.6 is 0 Å². The van der Waals surface area contributed by atoms with Gasteiger partial charge in [-0.1, -0.05) is 75.7 Å². The topological polar surface area (TPSA) is 0 Å². The second-order valence-electron chi connectivity index (χ2n) is 8.53. The molecule has 0 aliphatic heterocycles. The van der Waals surface area contributed by atoms with E-state index < -0.39 is 0 Å². The summed E-state index contributed by atoms with van der Waals surface area (Å²) in [5, 5.41) is 0. The van der Waals surface area contributed by atoms with Crippen molar-refractivity contribution in [1.82, 2.24) is 0 Å². The quantitative estimate of drug-likeness (QED) is 0.504. The van der Waals surface area contributed by atoms with Crippen molar-refractivity contribution in [2.24, 2.45) is 28.1 Å². The van der Waals surface area contributed by atoms with Crippen molar-refractivity contribution in [2.75, 3.05) is 0 Å². The van der Waals surface area contributed by atoms with E-state index in [9.17, 15) is 0 Å². The lowest BCUT2D eigenvalue weighted by molar-refractivity contribution is -0.0657. The molecule has 0 fully saturated rings. The highest BCUT2D eigenvalue weighted by atomic mass is 14.5. The summed E-state index contributed by atoms with van der Waals surface area (Å²) >= 11 is 0. The summed E-state index contributed by atoms with van der Waals surface area (Å²) in [6, 6.07) is 0. The van der Waals surface area contributed by atoms with Gasteiger partial charge in [-0.05, 0) is 40.9 Å². The molecule has 0 saturated heterocycles. The molecule has 0 aromatic rings. The van der Waals surface area contributed by atoms with E-state index in [-0.39, 0.29) is 0 Å². The van der Waals surface area contributed by atoms with Gasteiger partial charge in [-0.15, -0.1) is 0 Å². The van der Waals surface area contributed by atoms with Crippen LogP contribution in [0.3, 0.4) is 0 Å². The van der Waals surface area contributed by atoms with E-state index in [2.05, 4.69) is 69.2 Å². The maximum Gasteiger partial charge on any atom is -0.0226 e. The minimum atomic E-state index is 0.358. The van der Waals surface area contributed by atoms with Crippen molar-refractivity contribution in [2.45, 2.75) is 88.5 Å². The van der Waals surface area contributed by atoms with Gasteiger partial charge in [0.05, 0.1) is 0 Å². The van der Waals surface area contributed by atoms with E-state index in [1.165, 1.54) is 19.3 Å². The first-order valence-electron chi connectivity index (χ1n) is 7.90. The monoisotopic (exact) mass is 254 g/mol. The molecular weight excluding hydrogens is 216 g/mol. The maximum absolute atomic E-state index is 2.50. The van der Waals surface area contributed by atoms with Gasteiger partial charge >= 0.3 is 0 Å². The minimum absolute atomic E-state index is 0.358. The predicted molar refractivity (Wildman–Crippen MR) is 84.9 cm³/mol. The second kappa shape index (κ2) is 5.97. The molecule has 2 atom stereocenters. The second-order valence-corrected chi connectivity index (χ2v) is 8.53.